The van der Waals surface area contributed by atoms with Crippen molar-refractivity contribution in [1.82, 2.24) is 9.55 Å². The number of esters is 1. The Hall–Kier alpha value is -3.22. The number of benzene rings is 2. The maximum absolute atomic E-state index is 13.1. The molecule has 1 fully saturated rings. The third-order valence-electron chi connectivity index (χ3n) is 6.50. The normalized spacial score (nSPS) is 21.1. The Morgan fingerprint density at radius 2 is 2.00 bits per heavy atom. The third kappa shape index (κ3) is 4.52. The average Bonchev–Trinajstić information content (AvgIpc) is 3.12. The van der Waals surface area contributed by atoms with E-state index in [9.17, 15) is 14.9 Å². The van der Waals surface area contributed by atoms with Gasteiger partial charge in [-0.25, -0.2) is 4.98 Å². The molecule has 3 aromatic rings. The summed E-state index contributed by atoms with van der Waals surface area (Å²) in [6.07, 6.45) is 3.04. The number of hydrogen-bond donors (Lipinski definition) is 0. The molecule has 1 saturated carbocycles. The number of carbonyl (C=O) groups is 1. The number of rotatable bonds is 6. The van der Waals surface area contributed by atoms with Crippen LogP contribution in [0.5, 0.6) is 0 Å². The van der Waals surface area contributed by atoms with Crippen molar-refractivity contribution in [2.45, 2.75) is 52.7 Å². The molecule has 0 N–H and O–H groups in total. The molecule has 3 atom stereocenters. The minimum Gasteiger partial charge on any atom is -0.461 e. The Labute approximate surface area is 187 Å². The number of hydrogen-bond acceptors (Lipinski definition) is 5. The summed E-state index contributed by atoms with van der Waals surface area (Å²) in [4.78, 5) is 28.6. The first-order valence-corrected chi connectivity index (χ1v) is 11.2. The van der Waals surface area contributed by atoms with Crippen molar-refractivity contribution in [1.29, 1.82) is 0 Å². The lowest BCUT2D eigenvalue weighted by atomic mass is 9.75. The van der Waals surface area contributed by atoms with Gasteiger partial charge in [-0.15, -0.1) is 0 Å². The fraction of sp³-hybridized carbons (Fsp3) is 0.440. The third-order valence-corrected chi connectivity index (χ3v) is 6.50. The van der Waals surface area contributed by atoms with E-state index in [4.69, 9.17) is 4.74 Å². The number of nitro groups is 1. The fourth-order valence-electron chi connectivity index (χ4n) is 4.80. The monoisotopic (exact) mass is 435 g/mol. The molecule has 0 aliphatic heterocycles. The van der Waals surface area contributed by atoms with Crippen LogP contribution in [0.1, 0.15) is 40.0 Å². The Balaban J connectivity index is 1.65. The second kappa shape index (κ2) is 9.10. The molecular weight excluding hydrogens is 406 g/mol. The molecule has 0 amide bonds. The smallest absolute Gasteiger partial charge is 0.326 e. The van der Waals surface area contributed by atoms with Gasteiger partial charge in [-0.1, -0.05) is 51.5 Å². The quantitative estimate of drug-likeness (QED) is 0.285. The summed E-state index contributed by atoms with van der Waals surface area (Å²) < 4.78 is 7.81. The van der Waals surface area contributed by atoms with Crippen molar-refractivity contribution in [2.75, 3.05) is 0 Å². The average molecular weight is 436 g/mol. The highest BCUT2D eigenvalue weighted by molar-refractivity contribution is 5.83. The van der Waals surface area contributed by atoms with Crippen molar-refractivity contribution in [3.63, 3.8) is 0 Å². The van der Waals surface area contributed by atoms with Gasteiger partial charge in [0.25, 0.3) is 5.69 Å². The highest BCUT2D eigenvalue weighted by atomic mass is 16.6. The molecule has 0 spiro atoms. The van der Waals surface area contributed by atoms with Crippen LogP contribution in [0.4, 0.5) is 5.69 Å². The van der Waals surface area contributed by atoms with E-state index in [2.05, 4.69) is 25.8 Å². The van der Waals surface area contributed by atoms with E-state index in [0.717, 1.165) is 23.9 Å². The maximum Gasteiger partial charge on any atom is 0.326 e. The Bertz CT molecular complexity index is 1140. The number of ether oxygens (including phenoxy) is 1. The summed E-state index contributed by atoms with van der Waals surface area (Å²) in [5, 5.41) is 11.3. The van der Waals surface area contributed by atoms with Crippen LogP contribution in [0.15, 0.2) is 48.5 Å². The molecule has 168 valence electrons. The predicted octanol–water partition coefficient (Wildman–Crippen LogP) is 5.62. The standard InChI is InChI=1S/C25H29N3O4/c1-16(2)20-12-11-17(3)13-23(20)32-24(29)15-27-22-10-5-4-9-21(22)26-25(27)18-7-6-8-19(14-18)28(30)31/h4-10,14,16-17,20,23H,11-13,15H2,1-3H3/t17-,20+,23?/m1/s1. The maximum atomic E-state index is 13.1. The topological polar surface area (TPSA) is 87.3 Å². The van der Waals surface area contributed by atoms with Gasteiger partial charge in [0.1, 0.15) is 18.5 Å². The highest BCUT2D eigenvalue weighted by Gasteiger charge is 2.33. The molecule has 1 aromatic heterocycles. The second-order valence-corrected chi connectivity index (χ2v) is 9.17. The SMILES string of the molecule is CC(C)[C@@H]1CC[C@@H](C)CC1OC(=O)Cn1c(-c2cccc([N+](=O)[O-])c2)nc2ccccc21. The van der Waals surface area contributed by atoms with Gasteiger partial charge in [0.05, 0.1) is 16.0 Å². The molecule has 1 heterocycles. The van der Waals surface area contributed by atoms with Gasteiger partial charge >= 0.3 is 5.97 Å². The molecule has 0 radical (unpaired) electrons. The zero-order valence-electron chi connectivity index (χ0n) is 18.7. The first-order valence-electron chi connectivity index (χ1n) is 11.2. The van der Waals surface area contributed by atoms with Gasteiger partial charge in [0, 0.05) is 17.7 Å². The van der Waals surface area contributed by atoms with E-state index in [1.165, 1.54) is 18.6 Å². The zero-order chi connectivity index (χ0) is 22.8. The van der Waals surface area contributed by atoms with E-state index < -0.39 is 4.92 Å². The fourth-order valence-corrected chi connectivity index (χ4v) is 4.80. The van der Waals surface area contributed by atoms with Gasteiger partial charge in [-0.3, -0.25) is 14.9 Å². The van der Waals surface area contributed by atoms with E-state index in [1.54, 1.807) is 16.7 Å². The van der Waals surface area contributed by atoms with Gasteiger partial charge in [0.2, 0.25) is 0 Å². The van der Waals surface area contributed by atoms with Crippen LogP contribution in [0.3, 0.4) is 0 Å². The van der Waals surface area contributed by atoms with E-state index in [1.807, 2.05) is 24.3 Å². The van der Waals surface area contributed by atoms with Gasteiger partial charge in [-0.2, -0.15) is 0 Å². The van der Waals surface area contributed by atoms with Crippen LogP contribution >= 0.6 is 0 Å². The first-order chi connectivity index (χ1) is 15.3. The van der Waals surface area contributed by atoms with E-state index >= 15 is 0 Å². The number of fused-ring (bicyclic) bond motifs is 1. The lowest BCUT2D eigenvalue weighted by Gasteiger charge is -2.36. The summed E-state index contributed by atoms with van der Waals surface area (Å²) >= 11 is 0. The van der Waals surface area contributed by atoms with E-state index in [0.29, 0.717) is 29.1 Å². The number of nitro benzene ring substituents is 1. The van der Waals surface area contributed by atoms with Gasteiger partial charge in [-0.05, 0) is 42.7 Å². The molecule has 0 bridgehead atoms. The molecule has 1 aliphatic carbocycles. The van der Waals surface area contributed by atoms with Crippen LogP contribution in [0, 0.1) is 27.9 Å². The number of aromatic nitrogens is 2. The molecule has 1 unspecified atom stereocenters. The summed E-state index contributed by atoms with van der Waals surface area (Å²) in [5.41, 5.74) is 2.10. The minimum atomic E-state index is -0.430. The van der Waals surface area contributed by atoms with E-state index in [-0.39, 0.29) is 24.3 Å². The van der Waals surface area contributed by atoms with Crippen LogP contribution in [0.2, 0.25) is 0 Å². The summed E-state index contributed by atoms with van der Waals surface area (Å²) in [7, 11) is 0. The molecule has 32 heavy (non-hydrogen) atoms. The lowest BCUT2D eigenvalue weighted by molar-refractivity contribution is -0.384. The molecule has 7 nitrogen and oxygen atoms in total. The molecule has 0 saturated heterocycles. The molecule has 1 aliphatic rings. The van der Waals surface area contributed by atoms with Crippen molar-refractivity contribution < 1.29 is 14.5 Å². The van der Waals surface area contributed by atoms with Crippen LogP contribution in [0.25, 0.3) is 22.4 Å². The number of non-ortho nitro benzene ring substituents is 1. The summed E-state index contributed by atoms with van der Waals surface area (Å²) in [6.45, 7) is 6.59. The van der Waals surface area contributed by atoms with Crippen molar-refractivity contribution in [3.05, 3.63) is 58.6 Å². The second-order valence-electron chi connectivity index (χ2n) is 9.17. The number of imidazole rings is 1. The highest BCUT2D eigenvalue weighted by Crippen LogP contribution is 2.35. The van der Waals surface area contributed by atoms with Crippen LogP contribution in [-0.4, -0.2) is 26.5 Å². The number of para-hydroxylation sites is 2. The predicted molar refractivity (Wildman–Crippen MR) is 123 cm³/mol. The molecule has 4 rings (SSSR count). The van der Waals surface area contributed by atoms with Crippen molar-refractivity contribution >= 4 is 22.7 Å². The zero-order valence-corrected chi connectivity index (χ0v) is 18.7. The lowest BCUT2D eigenvalue weighted by Crippen LogP contribution is -2.36. The Morgan fingerprint density at radius 1 is 1.22 bits per heavy atom. The molecular formula is C25H29N3O4. The number of nitrogens with zero attached hydrogens (tertiary/aromatic N) is 3. The van der Waals surface area contributed by atoms with Crippen molar-refractivity contribution in [2.24, 2.45) is 17.8 Å². The Morgan fingerprint density at radius 3 is 2.75 bits per heavy atom. The Kier molecular flexibility index (Phi) is 6.26. The van der Waals surface area contributed by atoms with Crippen molar-refractivity contribution in [3.8, 4) is 11.4 Å². The largest absolute Gasteiger partial charge is 0.461 e. The van der Waals surface area contributed by atoms with Gasteiger partial charge < -0.3 is 9.30 Å². The van der Waals surface area contributed by atoms with Gasteiger partial charge in [0.15, 0.2) is 0 Å². The summed E-state index contributed by atoms with van der Waals surface area (Å²) in [5.74, 6) is 1.58. The minimum absolute atomic E-state index is 0.00817. The molecule has 2 aromatic carbocycles. The van der Waals surface area contributed by atoms with Crippen LogP contribution < -0.4 is 0 Å². The number of carbonyl (C=O) groups excluding carboxylic acids is 1. The first kappa shape index (κ1) is 22.0. The summed E-state index contributed by atoms with van der Waals surface area (Å²) in [6, 6.07) is 13.9. The van der Waals surface area contributed by atoms with Crippen LogP contribution in [-0.2, 0) is 16.1 Å². The molecule has 7 heteroatoms.